The van der Waals surface area contributed by atoms with E-state index in [2.05, 4.69) is 24.0 Å². The number of likely N-dealkylation sites (N-methyl/N-ethyl adjacent to an activating group) is 1. The Morgan fingerprint density at radius 2 is 1.69 bits per heavy atom. The molecule has 2 saturated heterocycles. The molecule has 1 unspecified atom stereocenters. The highest BCUT2D eigenvalue weighted by molar-refractivity contribution is 5.83. The van der Waals surface area contributed by atoms with Crippen LogP contribution < -0.4 is 0 Å². The number of carbonyl (C=O) groups is 1. The Bertz CT molecular complexity index is 603. The fourth-order valence-corrected chi connectivity index (χ4v) is 4.40. The van der Waals surface area contributed by atoms with Crippen LogP contribution in [0.2, 0.25) is 0 Å². The van der Waals surface area contributed by atoms with Crippen LogP contribution in [-0.2, 0) is 4.79 Å². The maximum Gasteiger partial charge on any atom is 0.244 e. The van der Waals surface area contributed by atoms with Gasteiger partial charge in [0.15, 0.2) is 0 Å². The lowest BCUT2D eigenvalue weighted by molar-refractivity contribution is -0.138. The minimum Gasteiger partial charge on any atom is -0.393 e. The van der Waals surface area contributed by atoms with Crippen molar-refractivity contribution < 1.29 is 9.90 Å². The molecule has 144 valence electrons. The molecule has 1 N–H and O–H groups in total. The number of hydrogen-bond acceptors (Lipinski definition) is 4. The third-order valence-electron chi connectivity index (χ3n) is 6.02. The molecule has 2 heterocycles. The number of piperidine rings is 2. The van der Waals surface area contributed by atoms with Crippen molar-refractivity contribution in [3.63, 3.8) is 0 Å². The molecule has 0 aromatic heterocycles. The van der Waals surface area contributed by atoms with E-state index >= 15 is 0 Å². The van der Waals surface area contributed by atoms with Crippen LogP contribution in [0, 0.1) is 6.92 Å². The van der Waals surface area contributed by atoms with Gasteiger partial charge in [-0.25, -0.2) is 0 Å². The van der Waals surface area contributed by atoms with Crippen LogP contribution in [0.5, 0.6) is 0 Å². The van der Waals surface area contributed by atoms with Gasteiger partial charge in [0.2, 0.25) is 5.91 Å². The molecule has 5 heteroatoms. The van der Waals surface area contributed by atoms with Crippen molar-refractivity contribution in [3.8, 4) is 0 Å². The highest BCUT2D eigenvalue weighted by atomic mass is 16.3. The first-order chi connectivity index (χ1) is 12.5. The van der Waals surface area contributed by atoms with E-state index in [0.717, 1.165) is 57.4 Å². The molecule has 5 nitrogen and oxygen atoms in total. The molecule has 1 atom stereocenters. The average molecular weight is 360 g/mol. The minimum absolute atomic E-state index is 0.122. The van der Waals surface area contributed by atoms with Crippen LogP contribution in [-0.4, -0.2) is 78.1 Å². The Morgan fingerprint density at radius 1 is 1.08 bits per heavy atom. The number of nitrogens with zero attached hydrogens (tertiary/aromatic N) is 3. The van der Waals surface area contributed by atoms with Crippen molar-refractivity contribution >= 4 is 5.91 Å². The Labute approximate surface area is 157 Å². The largest absolute Gasteiger partial charge is 0.393 e. The highest BCUT2D eigenvalue weighted by Gasteiger charge is 2.33. The van der Waals surface area contributed by atoms with E-state index in [1.807, 2.05) is 36.0 Å². The van der Waals surface area contributed by atoms with Crippen molar-refractivity contribution in [1.29, 1.82) is 0 Å². The number of hydrogen-bond donors (Lipinski definition) is 1. The summed E-state index contributed by atoms with van der Waals surface area (Å²) < 4.78 is 0. The molecular formula is C21H33N3O2. The average Bonchev–Trinajstić information content (AvgIpc) is 2.64. The summed E-state index contributed by atoms with van der Waals surface area (Å²) in [5.74, 6) is 0.219. The van der Waals surface area contributed by atoms with Crippen LogP contribution in [0.25, 0.3) is 0 Å². The molecule has 0 aliphatic carbocycles. The predicted octanol–water partition coefficient (Wildman–Crippen LogP) is 2.05. The lowest BCUT2D eigenvalue weighted by Gasteiger charge is -2.42. The molecule has 1 amide bonds. The Balaban J connectivity index is 1.62. The number of aliphatic hydroxyl groups is 1. The molecule has 2 aliphatic rings. The number of aryl methyl sites for hydroxylation is 1. The molecule has 2 aliphatic heterocycles. The minimum atomic E-state index is -0.210. The molecule has 0 radical (unpaired) electrons. The van der Waals surface area contributed by atoms with Gasteiger partial charge >= 0.3 is 0 Å². The standard InChI is InChI=1S/C21H33N3O2/c1-16-6-4-5-7-19(16)20(22(2)3)21(26)24-12-8-17(9-13-24)23-14-10-18(25)11-15-23/h4-7,17-18,20,25H,8-15H2,1-3H3. The van der Waals surface area contributed by atoms with E-state index in [0.29, 0.717) is 6.04 Å². The quantitative estimate of drug-likeness (QED) is 0.894. The monoisotopic (exact) mass is 359 g/mol. The van der Waals surface area contributed by atoms with E-state index < -0.39 is 0 Å². The second-order valence-corrected chi connectivity index (χ2v) is 8.05. The molecular weight excluding hydrogens is 326 g/mol. The molecule has 0 saturated carbocycles. The summed E-state index contributed by atoms with van der Waals surface area (Å²) in [6.07, 6.45) is 3.72. The van der Waals surface area contributed by atoms with Gasteiger partial charge in [-0.1, -0.05) is 24.3 Å². The maximum atomic E-state index is 13.3. The number of amides is 1. The fourth-order valence-electron chi connectivity index (χ4n) is 4.40. The first-order valence-corrected chi connectivity index (χ1v) is 9.90. The van der Waals surface area contributed by atoms with Gasteiger partial charge in [-0.15, -0.1) is 0 Å². The second kappa shape index (κ2) is 8.51. The van der Waals surface area contributed by atoms with Crippen LogP contribution in [0.1, 0.15) is 42.9 Å². The number of likely N-dealkylation sites (tertiary alicyclic amines) is 2. The van der Waals surface area contributed by atoms with Gasteiger partial charge in [0, 0.05) is 32.2 Å². The van der Waals surface area contributed by atoms with Crippen LogP contribution in [0.3, 0.4) is 0 Å². The van der Waals surface area contributed by atoms with E-state index in [4.69, 9.17) is 0 Å². The number of benzene rings is 1. The Morgan fingerprint density at radius 3 is 2.27 bits per heavy atom. The summed E-state index contributed by atoms with van der Waals surface area (Å²) >= 11 is 0. The van der Waals surface area contributed by atoms with Crippen LogP contribution in [0.4, 0.5) is 0 Å². The van der Waals surface area contributed by atoms with E-state index in [1.54, 1.807) is 0 Å². The number of carbonyl (C=O) groups excluding carboxylic acids is 1. The summed E-state index contributed by atoms with van der Waals surface area (Å²) in [6.45, 7) is 5.72. The second-order valence-electron chi connectivity index (χ2n) is 8.05. The van der Waals surface area contributed by atoms with Crippen molar-refractivity contribution in [2.24, 2.45) is 0 Å². The van der Waals surface area contributed by atoms with Crippen molar-refractivity contribution in [3.05, 3.63) is 35.4 Å². The molecule has 1 aromatic carbocycles. The smallest absolute Gasteiger partial charge is 0.244 e. The highest BCUT2D eigenvalue weighted by Crippen LogP contribution is 2.27. The van der Waals surface area contributed by atoms with Crippen LogP contribution in [0.15, 0.2) is 24.3 Å². The number of aliphatic hydroxyl groups excluding tert-OH is 1. The van der Waals surface area contributed by atoms with Crippen molar-refractivity contribution in [2.75, 3.05) is 40.3 Å². The summed E-state index contributed by atoms with van der Waals surface area (Å²) in [6, 6.07) is 8.54. The molecule has 0 bridgehead atoms. The molecule has 3 rings (SSSR count). The molecule has 2 fully saturated rings. The summed E-state index contributed by atoms with van der Waals surface area (Å²) in [4.78, 5) is 19.8. The number of rotatable bonds is 4. The first-order valence-electron chi connectivity index (χ1n) is 9.90. The van der Waals surface area contributed by atoms with E-state index in [9.17, 15) is 9.90 Å². The zero-order chi connectivity index (χ0) is 18.7. The lowest BCUT2D eigenvalue weighted by Crippen LogP contribution is -2.51. The normalized spacial score (nSPS) is 22.0. The maximum absolute atomic E-state index is 13.3. The van der Waals surface area contributed by atoms with Crippen molar-refractivity contribution in [1.82, 2.24) is 14.7 Å². The van der Waals surface area contributed by atoms with Gasteiger partial charge in [-0.3, -0.25) is 9.69 Å². The van der Waals surface area contributed by atoms with Gasteiger partial charge < -0.3 is 14.9 Å². The van der Waals surface area contributed by atoms with Gasteiger partial charge in [-0.05, 0) is 57.8 Å². The molecule has 0 spiro atoms. The first kappa shape index (κ1) is 19.3. The Kier molecular flexibility index (Phi) is 6.33. The molecule has 1 aromatic rings. The third-order valence-corrected chi connectivity index (χ3v) is 6.02. The molecule has 26 heavy (non-hydrogen) atoms. The zero-order valence-corrected chi connectivity index (χ0v) is 16.4. The SMILES string of the molecule is Cc1ccccc1C(C(=O)N1CCC(N2CCC(O)CC2)CC1)N(C)C. The van der Waals surface area contributed by atoms with Gasteiger partial charge in [0.25, 0.3) is 0 Å². The summed E-state index contributed by atoms with van der Waals surface area (Å²) in [5.41, 5.74) is 2.27. The Hall–Kier alpha value is -1.43. The van der Waals surface area contributed by atoms with Gasteiger partial charge in [0.05, 0.1) is 6.10 Å². The van der Waals surface area contributed by atoms with Gasteiger partial charge in [-0.2, -0.15) is 0 Å². The summed E-state index contributed by atoms with van der Waals surface area (Å²) in [5, 5.41) is 9.70. The van der Waals surface area contributed by atoms with E-state index in [1.165, 1.54) is 5.56 Å². The van der Waals surface area contributed by atoms with E-state index in [-0.39, 0.29) is 18.1 Å². The van der Waals surface area contributed by atoms with Crippen LogP contribution >= 0.6 is 0 Å². The van der Waals surface area contributed by atoms with Crippen molar-refractivity contribution in [2.45, 2.75) is 50.8 Å². The zero-order valence-electron chi connectivity index (χ0n) is 16.4. The lowest BCUT2D eigenvalue weighted by atomic mass is 9.96. The van der Waals surface area contributed by atoms with Gasteiger partial charge in [0.1, 0.15) is 6.04 Å². The summed E-state index contributed by atoms with van der Waals surface area (Å²) in [7, 11) is 3.97. The third kappa shape index (κ3) is 4.27. The topological polar surface area (TPSA) is 47.0 Å². The predicted molar refractivity (Wildman–Crippen MR) is 104 cm³/mol. The fraction of sp³-hybridized carbons (Fsp3) is 0.667.